The Morgan fingerprint density at radius 2 is 1.88 bits per heavy atom. The Morgan fingerprint density at radius 1 is 1.15 bits per heavy atom. The van der Waals surface area contributed by atoms with E-state index < -0.39 is 18.6 Å². The standard InChI is InChI=1S/C25H35BN2O5/c1-33-22-9-6-8-19(17-22)23-10-3-2-7-20(23)18-28-15-11-21(12-16-28)25(27,24(29)30)13-4-5-14-26(31)32/h2-3,6-10,17,21,31-32H,4-5,11-16,18,27H2,1H3,(H,29,30). The molecular formula is C25H35BN2O5. The van der Waals surface area contributed by atoms with Crippen LogP contribution in [0.3, 0.4) is 0 Å². The molecule has 0 spiro atoms. The third-order valence-corrected chi connectivity index (χ3v) is 6.81. The van der Waals surface area contributed by atoms with Gasteiger partial charge in [0.2, 0.25) is 0 Å². The Morgan fingerprint density at radius 3 is 2.55 bits per heavy atom. The smallest absolute Gasteiger partial charge is 0.451 e. The van der Waals surface area contributed by atoms with Gasteiger partial charge in [-0.2, -0.15) is 0 Å². The van der Waals surface area contributed by atoms with Gasteiger partial charge < -0.3 is 25.6 Å². The number of rotatable bonds is 11. The highest BCUT2D eigenvalue weighted by Crippen LogP contribution is 2.33. The Balaban J connectivity index is 1.63. The van der Waals surface area contributed by atoms with Crippen molar-refractivity contribution in [1.29, 1.82) is 0 Å². The van der Waals surface area contributed by atoms with Crippen LogP contribution in [-0.2, 0) is 11.3 Å². The zero-order valence-corrected chi connectivity index (χ0v) is 19.3. The molecule has 5 N–H and O–H groups in total. The van der Waals surface area contributed by atoms with Gasteiger partial charge in [-0.15, -0.1) is 0 Å². The fourth-order valence-corrected chi connectivity index (χ4v) is 4.81. The first-order chi connectivity index (χ1) is 15.8. The Bertz CT molecular complexity index is 917. The number of carboxylic acid groups (broad SMARTS) is 1. The lowest BCUT2D eigenvalue weighted by molar-refractivity contribution is -0.147. The lowest BCUT2D eigenvalue weighted by atomic mass is 9.74. The van der Waals surface area contributed by atoms with E-state index in [1.165, 1.54) is 11.1 Å². The van der Waals surface area contributed by atoms with Crippen LogP contribution < -0.4 is 10.5 Å². The van der Waals surface area contributed by atoms with E-state index >= 15 is 0 Å². The van der Waals surface area contributed by atoms with Gasteiger partial charge in [-0.1, -0.05) is 49.2 Å². The number of nitrogens with zero attached hydrogens (tertiary/aromatic N) is 1. The molecule has 1 saturated heterocycles. The first kappa shape index (κ1) is 25.2. The second kappa shape index (κ2) is 11.7. The lowest BCUT2D eigenvalue weighted by Crippen LogP contribution is -2.56. The maximum absolute atomic E-state index is 12.0. The number of unbranched alkanes of at least 4 members (excludes halogenated alkanes) is 1. The third-order valence-electron chi connectivity index (χ3n) is 6.81. The zero-order chi connectivity index (χ0) is 23.8. The summed E-state index contributed by atoms with van der Waals surface area (Å²) in [6, 6.07) is 16.4. The van der Waals surface area contributed by atoms with Crippen molar-refractivity contribution in [2.75, 3.05) is 20.2 Å². The van der Waals surface area contributed by atoms with Crippen LogP contribution in [0.4, 0.5) is 0 Å². The molecule has 2 aromatic carbocycles. The van der Waals surface area contributed by atoms with Crippen molar-refractivity contribution in [2.45, 2.75) is 50.5 Å². The SMILES string of the molecule is COc1cccc(-c2ccccc2CN2CCC(C(N)(CCCCB(O)O)C(=O)O)CC2)c1. The molecule has 1 unspecified atom stereocenters. The molecule has 1 aliphatic heterocycles. The van der Waals surface area contributed by atoms with Gasteiger partial charge in [-0.05, 0) is 73.4 Å². The third kappa shape index (κ3) is 6.57. The molecule has 1 atom stereocenters. The number of carbonyl (C=O) groups is 1. The number of methoxy groups -OCH3 is 1. The Kier molecular flexibility index (Phi) is 8.91. The van der Waals surface area contributed by atoms with Crippen LogP contribution in [0.5, 0.6) is 5.75 Å². The highest BCUT2D eigenvalue weighted by atomic mass is 16.5. The van der Waals surface area contributed by atoms with Crippen molar-refractivity contribution in [3.05, 3.63) is 54.1 Å². The highest BCUT2D eigenvalue weighted by molar-refractivity contribution is 6.40. The number of carboxylic acids is 1. The average Bonchev–Trinajstić information content (AvgIpc) is 2.82. The number of hydrogen-bond donors (Lipinski definition) is 4. The molecular weight excluding hydrogens is 419 g/mol. The summed E-state index contributed by atoms with van der Waals surface area (Å²) in [7, 11) is 0.310. The minimum atomic E-state index is -1.36. The molecule has 0 aliphatic carbocycles. The molecule has 7 nitrogen and oxygen atoms in total. The minimum Gasteiger partial charge on any atom is -0.497 e. The van der Waals surface area contributed by atoms with E-state index in [0.717, 1.165) is 43.8 Å². The number of hydrogen-bond acceptors (Lipinski definition) is 6. The molecule has 1 fully saturated rings. The molecule has 33 heavy (non-hydrogen) atoms. The molecule has 0 amide bonds. The van der Waals surface area contributed by atoms with E-state index in [1.807, 2.05) is 30.3 Å². The molecule has 2 aromatic rings. The van der Waals surface area contributed by atoms with Crippen molar-refractivity contribution < 1.29 is 24.7 Å². The molecule has 0 bridgehead atoms. The van der Waals surface area contributed by atoms with Gasteiger partial charge in [0, 0.05) is 6.54 Å². The summed E-state index contributed by atoms with van der Waals surface area (Å²) >= 11 is 0. The minimum absolute atomic E-state index is 0.0982. The van der Waals surface area contributed by atoms with Crippen LogP contribution in [0.2, 0.25) is 6.32 Å². The van der Waals surface area contributed by atoms with E-state index in [9.17, 15) is 9.90 Å². The predicted octanol–water partition coefficient (Wildman–Crippen LogP) is 3.00. The molecule has 3 rings (SSSR count). The Labute approximate surface area is 196 Å². The summed E-state index contributed by atoms with van der Waals surface area (Å²) < 4.78 is 5.38. The summed E-state index contributed by atoms with van der Waals surface area (Å²) in [5.41, 5.74) is 8.64. The summed E-state index contributed by atoms with van der Waals surface area (Å²) in [5.74, 6) is -0.239. The van der Waals surface area contributed by atoms with Gasteiger partial charge in [0.1, 0.15) is 11.3 Å². The van der Waals surface area contributed by atoms with Gasteiger partial charge in [0.05, 0.1) is 7.11 Å². The van der Waals surface area contributed by atoms with Gasteiger partial charge in [-0.25, -0.2) is 0 Å². The zero-order valence-electron chi connectivity index (χ0n) is 19.3. The summed E-state index contributed by atoms with van der Waals surface area (Å²) in [6.45, 7) is 2.37. The van der Waals surface area contributed by atoms with Crippen molar-refractivity contribution in [3.63, 3.8) is 0 Å². The van der Waals surface area contributed by atoms with E-state index in [0.29, 0.717) is 19.3 Å². The van der Waals surface area contributed by atoms with Gasteiger partial charge >= 0.3 is 13.1 Å². The van der Waals surface area contributed by atoms with E-state index in [1.54, 1.807) is 7.11 Å². The number of ether oxygens (including phenoxy) is 1. The highest BCUT2D eigenvalue weighted by Gasteiger charge is 2.42. The van der Waals surface area contributed by atoms with Crippen molar-refractivity contribution in [1.82, 2.24) is 4.90 Å². The van der Waals surface area contributed by atoms with Gasteiger partial charge in [-0.3, -0.25) is 9.69 Å². The first-order valence-electron chi connectivity index (χ1n) is 11.7. The molecule has 0 radical (unpaired) electrons. The van der Waals surface area contributed by atoms with Crippen LogP contribution in [0.25, 0.3) is 11.1 Å². The quantitative estimate of drug-likeness (QED) is 0.305. The van der Waals surface area contributed by atoms with Crippen molar-refractivity contribution in [3.8, 4) is 16.9 Å². The fraction of sp³-hybridized carbons (Fsp3) is 0.480. The molecule has 1 aliphatic rings. The number of aliphatic carboxylic acids is 1. The van der Waals surface area contributed by atoms with Crippen LogP contribution in [-0.4, -0.2) is 58.9 Å². The summed E-state index contributed by atoms with van der Waals surface area (Å²) in [5, 5.41) is 27.9. The van der Waals surface area contributed by atoms with Crippen molar-refractivity contribution >= 4 is 13.1 Å². The molecule has 8 heteroatoms. The van der Waals surface area contributed by atoms with E-state index in [4.69, 9.17) is 20.5 Å². The molecule has 0 saturated carbocycles. The van der Waals surface area contributed by atoms with Crippen LogP contribution >= 0.6 is 0 Å². The second-order valence-electron chi connectivity index (χ2n) is 9.01. The average molecular weight is 454 g/mol. The summed E-state index contributed by atoms with van der Waals surface area (Å²) in [4.78, 5) is 14.4. The predicted molar refractivity (Wildman–Crippen MR) is 130 cm³/mol. The van der Waals surface area contributed by atoms with Crippen LogP contribution in [0.1, 0.15) is 37.7 Å². The largest absolute Gasteiger partial charge is 0.497 e. The van der Waals surface area contributed by atoms with Crippen LogP contribution in [0.15, 0.2) is 48.5 Å². The molecule has 0 aromatic heterocycles. The maximum Gasteiger partial charge on any atom is 0.451 e. The first-order valence-corrected chi connectivity index (χ1v) is 11.7. The monoisotopic (exact) mass is 454 g/mol. The molecule has 1 heterocycles. The van der Waals surface area contributed by atoms with Gasteiger partial charge in [0.15, 0.2) is 0 Å². The number of nitrogens with two attached hydrogens (primary N) is 1. The number of likely N-dealkylation sites (tertiary alicyclic amines) is 1. The van der Waals surface area contributed by atoms with Gasteiger partial charge in [0.25, 0.3) is 0 Å². The Hall–Kier alpha value is -2.39. The van der Waals surface area contributed by atoms with E-state index in [2.05, 4.69) is 23.1 Å². The molecule has 178 valence electrons. The topological polar surface area (TPSA) is 116 Å². The lowest BCUT2D eigenvalue weighted by Gasteiger charge is -2.40. The maximum atomic E-state index is 12.0. The van der Waals surface area contributed by atoms with Crippen LogP contribution in [0, 0.1) is 5.92 Å². The van der Waals surface area contributed by atoms with E-state index in [-0.39, 0.29) is 12.2 Å². The number of piperidine rings is 1. The van der Waals surface area contributed by atoms with Crippen molar-refractivity contribution in [2.24, 2.45) is 11.7 Å². The fourth-order valence-electron chi connectivity index (χ4n) is 4.81. The summed E-state index contributed by atoms with van der Waals surface area (Å²) in [6.07, 6.45) is 3.15. The number of benzene rings is 2. The normalized spacial score (nSPS) is 16.8. The second-order valence-corrected chi connectivity index (χ2v) is 9.01.